The molecule has 1 saturated heterocycles. The Morgan fingerprint density at radius 1 is 1.36 bits per heavy atom. The van der Waals surface area contributed by atoms with Gasteiger partial charge in [0.2, 0.25) is 5.91 Å². The molecule has 0 saturated carbocycles. The lowest BCUT2D eigenvalue weighted by Gasteiger charge is -2.33. The lowest BCUT2D eigenvalue weighted by molar-refractivity contribution is -0.125. The Morgan fingerprint density at radius 3 is 3.00 bits per heavy atom. The maximum atomic E-state index is 12.6. The van der Waals surface area contributed by atoms with Gasteiger partial charge in [0.15, 0.2) is 0 Å². The third kappa shape index (κ3) is 4.26. The van der Waals surface area contributed by atoms with Crippen LogP contribution in [0, 0.1) is 19.8 Å². The highest BCUT2D eigenvalue weighted by molar-refractivity contribution is 5.79. The van der Waals surface area contributed by atoms with E-state index >= 15 is 0 Å². The molecular formula is C19H24N4O2. The van der Waals surface area contributed by atoms with E-state index in [0.29, 0.717) is 13.1 Å². The number of aryl methyl sites for hydroxylation is 2. The molecule has 0 unspecified atom stereocenters. The van der Waals surface area contributed by atoms with Gasteiger partial charge < -0.3 is 10.2 Å². The Hall–Kier alpha value is -2.63. The fourth-order valence-corrected chi connectivity index (χ4v) is 3.28. The number of benzene rings is 1. The second-order valence-corrected chi connectivity index (χ2v) is 6.74. The van der Waals surface area contributed by atoms with Crippen LogP contribution in [0.4, 0.5) is 5.69 Å². The number of H-pyrrole nitrogens is 1. The predicted octanol–water partition coefficient (Wildman–Crippen LogP) is 1.92. The van der Waals surface area contributed by atoms with Crippen LogP contribution in [0.5, 0.6) is 0 Å². The van der Waals surface area contributed by atoms with Crippen molar-refractivity contribution in [2.75, 3.05) is 18.0 Å². The third-order valence-electron chi connectivity index (χ3n) is 4.77. The molecule has 1 amide bonds. The van der Waals surface area contributed by atoms with Gasteiger partial charge >= 0.3 is 0 Å². The summed E-state index contributed by atoms with van der Waals surface area (Å²) in [5.41, 5.74) is 4.08. The lowest BCUT2D eigenvalue weighted by atomic mass is 9.96. The van der Waals surface area contributed by atoms with Crippen molar-refractivity contribution in [1.29, 1.82) is 0 Å². The number of rotatable bonds is 4. The number of nitrogens with one attached hydrogen (secondary N) is 2. The van der Waals surface area contributed by atoms with Crippen molar-refractivity contribution in [3.63, 3.8) is 0 Å². The lowest BCUT2D eigenvalue weighted by Crippen LogP contribution is -2.43. The monoisotopic (exact) mass is 340 g/mol. The Balaban J connectivity index is 1.62. The summed E-state index contributed by atoms with van der Waals surface area (Å²) in [6, 6.07) is 7.81. The van der Waals surface area contributed by atoms with Gasteiger partial charge in [0.25, 0.3) is 5.56 Å². The summed E-state index contributed by atoms with van der Waals surface area (Å²) in [5.74, 6) is 0.00144. The number of hydrogen-bond donors (Lipinski definition) is 2. The molecule has 1 atom stereocenters. The van der Waals surface area contributed by atoms with Crippen LogP contribution in [-0.2, 0) is 11.3 Å². The van der Waals surface area contributed by atoms with Crippen molar-refractivity contribution in [3.8, 4) is 0 Å². The molecule has 25 heavy (non-hydrogen) atoms. The minimum Gasteiger partial charge on any atom is -0.369 e. The van der Waals surface area contributed by atoms with Gasteiger partial charge in [0.1, 0.15) is 0 Å². The van der Waals surface area contributed by atoms with E-state index in [0.717, 1.165) is 30.6 Å². The predicted molar refractivity (Wildman–Crippen MR) is 97.6 cm³/mol. The van der Waals surface area contributed by atoms with E-state index in [2.05, 4.69) is 52.5 Å². The van der Waals surface area contributed by atoms with E-state index in [4.69, 9.17) is 0 Å². The molecule has 3 rings (SSSR count). The molecule has 132 valence electrons. The quantitative estimate of drug-likeness (QED) is 0.891. The van der Waals surface area contributed by atoms with Gasteiger partial charge in [-0.2, -0.15) is 5.10 Å². The highest BCUT2D eigenvalue weighted by Gasteiger charge is 2.26. The van der Waals surface area contributed by atoms with E-state index in [1.54, 1.807) is 6.20 Å². The molecule has 0 bridgehead atoms. The summed E-state index contributed by atoms with van der Waals surface area (Å²) in [4.78, 5) is 26.1. The zero-order valence-corrected chi connectivity index (χ0v) is 14.7. The topological polar surface area (TPSA) is 78.1 Å². The Kier molecular flexibility index (Phi) is 5.16. The molecule has 2 N–H and O–H groups in total. The van der Waals surface area contributed by atoms with E-state index in [1.165, 1.54) is 17.2 Å². The van der Waals surface area contributed by atoms with Crippen LogP contribution >= 0.6 is 0 Å². The maximum absolute atomic E-state index is 12.6. The van der Waals surface area contributed by atoms with E-state index < -0.39 is 0 Å². The molecule has 2 aromatic rings. The van der Waals surface area contributed by atoms with Gasteiger partial charge in [-0.05, 0) is 37.8 Å². The summed E-state index contributed by atoms with van der Waals surface area (Å²) < 4.78 is 0. The minimum atomic E-state index is -0.223. The number of aromatic amines is 1. The second-order valence-electron chi connectivity index (χ2n) is 6.74. The van der Waals surface area contributed by atoms with Crippen molar-refractivity contribution in [2.45, 2.75) is 33.2 Å². The largest absolute Gasteiger partial charge is 0.369 e. The van der Waals surface area contributed by atoms with Crippen LogP contribution in [0.15, 0.2) is 35.3 Å². The highest BCUT2D eigenvalue weighted by atomic mass is 16.2. The number of amides is 1. The molecule has 1 aromatic heterocycles. The summed E-state index contributed by atoms with van der Waals surface area (Å²) in [5, 5.41) is 9.30. The van der Waals surface area contributed by atoms with Gasteiger partial charge in [-0.25, -0.2) is 5.10 Å². The van der Waals surface area contributed by atoms with Crippen LogP contribution in [0.25, 0.3) is 0 Å². The number of aromatic nitrogens is 2. The van der Waals surface area contributed by atoms with E-state index in [1.807, 2.05) is 0 Å². The van der Waals surface area contributed by atoms with Crippen molar-refractivity contribution in [3.05, 3.63) is 57.5 Å². The average Bonchev–Trinajstić information content (AvgIpc) is 2.62. The summed E-state index contributed by atoms with van der Waals surface area (Å²) in [6.07, 6.45) is 3.43. The van der Waals surface area contributed by atoms with Gasteiger partial charge in [0, 0.05) is 25.7 Å². The summed E-state index contributed by atoms with van der Waals surface area (Å²) in [6.45, 7) is 6.12. The molecule has 6 heteroatoms. The SMILES string of the molecule is Cc1ccc(C)c(CNC(=O)[C@H]2CCCN(c3cn[nH]c(=O)c3)C2)c1. The Bertz CT molecular complexity index is 815. The summed E-state index contributed by atoms with van der Waals surface area (Å²) >= 11 is 0. The van der Waals surface area contributed by atoms with Crippen molar-refractivity contribution in [1.82, 2.24) is 15.5 Å². The Morgan fingerprint density at radius 2 is 2.20 bits per heavy atom. The molecule has 1 fully saturated rings. The third-order valence-corrected chi connectivity index (χ3v) is 4.77. The maximum Gasteiger partial charge on any atom is 0.266 e. The normalized spacial score (nSPS) is 17.4. The molecule has 0 radical (unpaired) electrons. The smallest absolute Gasteiger partial charge is 0.266 e. The molecular weight excluding hydrogens is 316 g/mol. The van der Waals surface area contributed by atoms with Crippen LogP contribution in [0.1, 0.15) is 29.5 Å². The number of piperidine rings is 1. The van der Waals surface area contributed by atoms with Gasteiger partial charge in [-0.1, -0.05) is 23.8 Å². The number of nitrogens with zero attached hydrogens (tertiary/aromatic N) is 2. The fraction of sp³-hybridized carbons (Fsp3) is 0.421. The number of carbonyl (C=O) groups is 1. The summed E-state index contributed by atoms with van der Waals surface area (Å²) in [7, 11) is 0. The Labute approximate surface area is 147 Å². The van der Waals surface area contributed by atoms with Crippen LogP contribution in [-0.4, -0.2) is 29.2 Å². The molecule has 2 heterocycles. The highest BCUT2D eigenvalue weighted by Crippen LogP contribution is 2.22. The van der Waals surface area contributed by atoms with E-state index in [9.17, 15) is 9.59 Å². The molecule has 6 nitrogen and oxygen atoms in total. The number of carbonyl (C=O) groups excluding carboxylic acids is 1. The van der Waals surface area contributed by atoms with Crippen LogP contribution in [0.3, 0.4) is 0 Å². The first-order chi connectivity index (χ1) is 12.0. The molecule has 1 aliphatic rings. The first-order valence-electron chi connectivity index (χ1n) is 8.66. The second kappa shape index (κ2) is 7.51. The van der Waals surface area contributed by atoms with Crippen molar-refractivity contribution in [2.24, 2.45) is 5.92 Å². The number of anilines is 1. The van der Waals surface area contributed by atoms with Crippen molar-refractivity contribution >= 4 is 11.6 Å². The first-order valence-corrected chi connectivity index (χ1v) is 8.66. The van der Waals surface area contributed by atoms with E-state index in [-0.39, 0.29) is 17.4 Å². The average molecular weight is 340 g/mol. The molecule has 0 aliphatic carbocycles. The molecule has 1 aliphatic heterocycles. The van der Waals surface area contributed by atoms with Crippen molar-refractivity contribution < 1.29 is 4.79 Å². The fourth-order valence-electron chi connectivity index (χ4n) is 3.28. The van der Waals surface area contributed by atoms with Crippen LogP contribution in [0.2, 0.25) is 0 Å². The first kappa shape index (κ1) is 17.2. The zero-order chi connectivity index (χ0) is 17.8. The molecule has 1 aromatic carbocycles. The van der Waals surface area contributed by atoms with Gasteiger partial charge in [-0.3, -0.25) is 9.59 Å². The van der Waals surface area contributed by atoms with Crippen LogP contribution < -0.4 is 15.8 Å². The zero-order valence-electron chi connectivity index (χ0n) is 14.7. The number of hydrogen-bond acceptors (Lipinski definition) is 4. The molecule has 0 spiro atoms. The standard InChI is InChI=1S/C19H24N4O2/c1-13-5-6-14(2)16(8-13)10-20-19(25)15-4-3-7-23(12-15)17-9-18(24)22-21-11-17/h5-6,8-9,11,15H,3-4,7,10,12H2,1-2H3,(H,20,25)(H,22,24)/t15-/m0/s1. The van der Waals surface area contributed by atoms with Gasteiger partial charge in [-0.15, -0.1) is 0 Å². The van der Waals surface area contributed by atoms with Gasteiger partial charge in [0.05, 0.1) is 17.8 Å². The minimum absolute atomic E-state index is 0.0712.